The number of carbonyl (C=O) groups excluding carboxylic acids is 1. The molecule has 2 aromatic rings. The molecule has 0 saturated carbocycles. The predicted octanol–water partition coefficient (Wildman–Crippen LogP) is 3.98. The number of benzene rings is 2. The van der Waals surface area contributed by atoms with Crippen molar-refractivity contribution in [3.8, 4) is 0 Å². The van der Waals surface area contributed by atoms with Crippen LogP contribution in [0.2, 0.25) is 0 Å². The summed E-state index contributed by atoms with van der Waals surface area (Å²) in [6.07, 6.45) is 4.52. The molecule has 1 fully saturated rings. The van der Waals surface area contributed by atoms with Gasteiger partial charge in [-0.05, 0) is 55.3 Å². The average molecular weight is 415 g/mol. The highest BCUT2D eigenvalue weighted by Crippen LogP contribution is 2.19. The second kappa shape index (κ2) is 10.1. The summed E-state index contributed by atoms with van der Waals surface area (Å²) in [7, 11) is 0. The molecule has 158 valence electrons. The molecule has 5 nitrogen and oxygen atoms in total. The number of rotatable bonds is 8. The quantitative estimate of drug-likeness (QED) is 0.401. The van der Waals surface area contributed by atoms with Crippen molar-refractivity contribution >= 4 is 17.8 Å². The Hall–Kier alpha value is -3.06. The van der Waals surface area contributed by atoms with Gasteiger partial charge in [0.1, 0.15) is 11.6 Å². The van der Waals surface area contributed by atoms with Crippen LogP contribution < -0.4 is 0 Å². The third-order valence-electron chi connectivity index (χ3n) is 5.07. The topological polar surface area (TPSA) is 66.8 Å². The summed E-state index contributed by atoms with van der Waals surface area (Å²) in [5.74, 6) is -2.70. The molecule has 7 heteroatoms. The van der Waals surface area contributed by atoms with Gasteiger partial charge >= 0.3 is 5.97 Å². The fourth-order valence-corrected chi connectivity index (χ4v) is 3.49. The molecule has 1 aliphatic heterocycles. The average Bonchev–Trinajstić information content (AvgIpc) is 2.74. The lowest BCUT2D eigenvalue weighted by atomic mass is 9.98. The molecule has 1 unspecified atom stereocenters. The van der Waals surface area contributed by atoms with Crippen molar-refractivity contribution in [3.63, 3.8) is 0 Å². The minimum atomic E-state index is -0.771. The molecular weight excluding hydrogens is 392 g/mol. The van der Waals surface area contributed by atoms with Gasteiger partial charge in [0.15, 0.2) is 5.78 Å². The van der Waals surface area contributed by atoms with E-state index in [0.717, 1.165) is 25.1 Å². The molecule has 0 aliphatic carbocycles. The fraction of sp³-hybridized carbons (Fsp3) is 0.304. The molecule has 0 amide bonds. The summed E-state index contributed by atoms with van der Waals surface area (Å²) in [5, 5.41) is 9.14. The first-order valence-electron chi connectivity index (χ1n) is 9.77. The van der Waals surface area contributed by atoms with E-state index in [0.29, 0.717) is 31.7 Å². The lowest BCUT2D eigenvalue weighted by molar-refractivity contribution is -0.143. The maximum Gasteiger partial charge on any atom is 0.307 e. The Labute approximate surface area is 173 Å². The van der Waals surface area contributed by atoms with E-state index < -0.39 is 23.4 Å². The Bertz CT molecular complexity index is 945. The van der Waals surface area contributed by atoms with Crippen LogP contribution >= 0.6 is 0 Å². The first-order valence-corrected chi connectivity index (χ1v) is 9.77. The van der Waals surface area contributed by atoms with E-state index in [4.69, 9.17) is 9.84 Å². The number of nitrogens with zero attached hydrogens (tertiary/aromatic N) is 1. The number of halogens is 2. The smallest absolute Gasteiger partial charge is 0.307 e. The second-order valence-corrected chi connectivity index (χ2v) is 7.22. The van der Waals surface area contributed by atoms with Gasteiger partial charge in [-0.3, -0.25) is 14.5 Å². The van der Waals surface area contributed by atoms with Gasteiger partial charge in [-0.15, -0.1) is 0 Å². The zero-order valence-electron chi connectivity index (χ0n) is 16.4. The molecule has 2 aromatic carbocycles. The third kappa shape index (κ3) is 5.73. The Balaban J connectivity index is 1.60. The van der Waals surface area contributed by atoms with Crippen molar-refractivity contribution in [2.24, 2.45) is 5.92 Å². The van der Waals surface area contributed by atoms with Crippen molar-refractivity contribution in [2.45, 2.75) is 12.8 Å². The number of likely N-dealkylation sites (tertiary alicyclic amines) is 1. The molecule has 0 bridgehead atoms. The van der Waals surface area contributed by atoms with Crippen molar-refractivity contribution in [1.82, 2.24) is 4.90 Å². The van der Waals surface area contributed by atoms with Crippen LogP contribution in [0.4, 0.5) is 8.78 Å². The van der Waals surface area contributed by atoms with E-state index >= 15 is 0 Å². The van der Waals surface area contributed by atoms with Gasteiger partial charge < -0.3 is 9.84 Å². The number of piperidine rings is 1. The van der Waals surface area contributed by atoms with E-state index in [2.05, 4.69) is 0 Å². The lowest BCUT2D eigenvalue weighted by Crippen LogP contribution is -2.40. The fourth-order valence-electron chi connectivity index (χ4n) is 3.49. The van der Waals surface area contributed by atoms with Crippen LogP contribution in [0.5, 0.6) is 0 Å². The number of carboxylic acid groups (broad SMARTS) is 1. The zero-order valence-corrected chi connectivity index (χ0v) is 16.4. The van der Waals surface area contributed by atoms with Gasteiger partial charge in [-0.25, -0.2) is 8.78 Å². The van der Waals surface area contributed by atoms with Gasteiger partial charge in [-0.1, -0.05) is 18.2 Å². The van der Waals surface area contributed by atoms with Gasteiger partial charge in [0.25, 0.3) is 0 Å². The number of hydrogen-bond donors (Lipinski definition) is 1. The molecule has 1 N–H and O–H groups in total. The molecule has 1 aliphatic rings. The Kier molecular flexibility index (Phi) is 7.30. The molecule has 30 heavy (non-hydrogen) atoms. The number of aliphatic carboxylic acids is 1. The van der Waals surface area contributed by atoms with Crippen LogP contribution in [-0.4, -0.2) is 48.0 Å². The van der Waals surface area contributed by atoms with Crippen molar-refractivity contribution in [1.29, 1.82) is 0 Å². The van der Waals surface area contributed by atoms with Crippen LogP contribution in [0.25, 0.3) is 6.08 Å². The van der Waals surface area contributed by atoms with Crippen LogP contribution in [-0.2, 0) is 9.53 Å². The number of carboxylic acids is 1. The van der Waals surface area contributed by atoms with E-state index in [-0.39, 0.29) is 17.0 Å². The van der Waals surface area contributed by atoms with E-state index in [1.165, 1.54) is 36.6 Å². The first kappa shape index (κ1) is 21.6. The first-order chi connectivity index (χ1) is 14.4. The highest BCUT2D eigenvalue weighted by molar-refractivity contribution is 6.11. The van der Waals surface area contributed by atoms with Crippen LogP contribution in [0, 0.1) is 17.6 Å². The Morgan fingerprint density at radius 2 is 1.97 bits per heavy atom. The summed E-state index contributed by atoms with van der Waals surface area (Å²) < 4.78 is 32.6. The summed E-state index contributed by atoms with van der Waals surface area (Å²) in [6, 6.07) is 9.07. The van der Waals surface area contributed by atoms with Crippen molar-refractivity contribution < 1.29 is 28.2 Å². The monoisotopic (exact) mass is 415 g/mol. The van der Waals surface area contributed by atoms with Crippen LogP contribution in [0.3, 0.4) is 0 Å². The summed E-state index contributed by atoms with van der Waals surface area (Å²) in [6.45, 7) is 2.29. The normalized spacial score (nSPS) is 17.2. The minimum absolute atomic E-state index is 0.112. The zero-order chi connectivity index (χ0) is 21.5. The molecule has 0 radical (unpaired) electrons. The van der Waals surface area contributed by atoms with Crippen molar-refractivity contribution in [2.75, 3.05) is 26.2 Å². The van der Waals surface area contributed by atoms with E-state index in [1.54, 1.807) is 6.08 Å². The highest BCUT2D eigenvalue weighted by atomic mass is 19.1. The summed E-state index contributed by atoms with van der Waals surface area (Å²) >= 11 is 0. The minimum Gasteiger partial charge on any atom is -0.500 e. The molecular formula is C23H23F2NO4. The second-order valence-electron chi connectivity index (χ2n) is 7.22. The predicted molar refractivity (Wildman–Crippen MR) is 108 cm³/mol. The number of carbonyl (C=O) groups is 2. The number of hydrogen-bond acceptors (Lipinski definition) is 4. The number of ketones is 1. The summed E-state index contributed by atoms with van der Waals surface area (Å²) in [4.78, 5) is 25.9. The Morgan fingerprint density at radius 3 is 2.73 bits per heavy atom. The van der Waals surface area contributed by atoms with Crippen molar-refractivity contribution in [3.05, 3.63) is 77.1 Å². The lowest BCUT2D eigenvalue weighted by Gasteiger charge is -2.30. The van der Waals surface area contributed by atoms with E-state index in [1.807, 2.05) is 4.90 Å². The molecule has 1 atom stereocenters. The van der Waals surface area contributed by atoms with E-state index in [9.17, 15) is 18.4 Å². The molecule has 1 saturated heterocycles. The summed E-state index contributed by atoms with van der Waals surface area (Å²) in [5.41, 5.74) is 0.699. The van der Waals surface area contributed by atoms with Gasteiger partial charge in [0.05, 0.1) is 18.8 Å². The number of ether oxygens (including phenoxy) is 1. The third-order valence-corrected chi connectivity index (χ3v) is 5.07. The standard InChI is InChI=1S/C23H23F2NO4/c24-19-5-1-3-17(13-19)22(27)21-14-20(25)7-6-16(21)8-11-30-12-10-26-9-2-4-18(15-26)23(28)29/h1,3,5-8,11,13-14,18H,2,4,9-10,12,15H2,(H,28,29)/b11-8-. The maximum absolute atomic E-state index is 13.7. The molecule has 0 aromatic heterocycles. The molecule has 0 spiro atoms. The molecule has 1 heterocycles. The van der Waals surface area contributed by atoms with Gasteiger partial charge in [0.2, 0.25) is 0 Å². The van der Waals surface area contributed by atoms with Gasteiger partial charge in [-0.2, -0.15) is 0 Å². The van der Waals surface area contributed by atoms with Gasteiger partial charge in [0, 0.05) is 24.2 Å². The Morgan fingerprint density at radius 1 is 1.17 bits per heavy atom. The highest BCUT2D eigenvalue weighted by Gasteiger charge is 2.24. The SMILES string of the molecule is O=C(c1cccc(F)c1)c1cc(F)ccc1/C=C\OCCN1CCCC(C(=O)O)C1. The molecule has 3 rings (SSSR count). The van der Waals surface area contributed by atoms with Crippen LogP contribution in [0.15, 0.2) is 48.7 Å². The largest absolute Gasteiger partial charge is 0.500 e. The van der Waals surface area contributed by atoms with Crippen LogP contribution in [0.1, 0.15) is 34.3 Å². The maximum atomic E-state index is 13.7.